The van der Waals surface area contributed by atoms with Gasteiger partial charge in [-0.2, -0.15) is 0 Å². The van der Waals surface area contributed by atoms with Crippen LogP contribution in [0.2, 0.25) is 0 Å². The molecule has 1 aliphatic heterocycles. The van der Waals surface area contributed by atoms with Crippen LogP contribution in [-0.2, 0) is 16.0 Å². The lowest BCUT2D eigenvalue weighted by Crippen LogP contribution is -2.53. The molecule has 0 aliphatic carbocycles. The number of aliphatic imine (C=N–C) groups is 1. The van der Waals surface area contributed by atoms with Crippen molar-refractivity contribution in [1.82, 2.24) is 20.9 Å². The molecule has 1 atom stereocenters. The number of nitrogens with one attached hydrogen (secondary N) is 3. The summed E-state index contributed by atoms with van der Waals surface area (Å²) in [5.41, 5.74) is 0.665. The van der Waals surface area contributed by atoms with Gasteiger partial charge in [0.15, 0.2) is 5.96 Å². The van der Waals surface area contributed by atoms with E-state index in [-0.39, 0.29) is 42.1 Å². The predicted molar refractivity (Wildman–Crippen MR) is 138 cm³/mol. The van der Waals surface area contributed by atoms with Crippen LogP contribution in [0.25, 0.3) is 0 Å². The van der Waals surface area contributed by atoms with Crippen molar-refractivity contribution in [3.8, 4) is 0 Å². The number of carbonyl (C=O) groups is 1. The van der Waals surface area contributed by atoms with Crippen molar-refractivity contribution in [3.63, 3.8) is 0 Å². The topological polar surface area (TPSA) is 78.0 Å². The first kappa shape index (κ1) is 28.6. The van der Waals surface area contributed by atoms with Crippen molar-refractivity contribution < 1.29 is 13.9 Å². The van der Waals surface area contributed by atoms with Gasteiger partial charge in [0.25, 0.3) is 0 Å². The maximum atomic E-state index is 13.2. The van der Waals surface area contributed by atoms with Crippen molar-refractivity contribution in [2.75, 3.05) is 53.0 Å². The van der Waals surface area contributed by atoms with Gasteiger partial charge in [0, 0.05) is 45.8 Å². The van der Waals surface area contributed by atoms with Gasteiger partial charge in [-0.1, -0.05) is 38.8 Å². The molecule has 1 amide bonds. The van der Waals surface area contributed by atoms with Crippen LogP contribution < -0.4 is 16.0 Å². The Bertz CT molecular complexity index is 697. The molecule has 0 spiro atoms. The predicted octanol–water partition coefficient (Wildman–Crippen LogP) is 2.40. The minimum Gasteiger partial charge on any atom is -0.379 e. The molecule has 182 valence electrons. The van der Waals surface area contributed by atoms with Gasteiger partial charge in [-0.3, -0.25) is 14.7 Å². The number of halogens is 2. The second kappa shape index (κ2) is 16.2. The minimum absolute atomic E-state index is 0. The molecule has 1 fully saturated rings. The third-order valence-corrected chi connectivity index (χ3v) is 5.80. The summed E-state index contributed by atoms with van der Waals surface area (Å²) < 4.78 is 18.7. The third-order valence-electron chi connectivity index (χ3n) is 5.80. The first-order valence-electron chi connectivity index (χ1n) is 11.3. The molecule has 0 bridgehead atoms. The van der Waals surface area contributed by atoms with Crippen LogP contribution in [-0.4, -0.2) is 75.8 Å². The third kappa shape index (κ3) is 9.99. The molecule has 1 aliphatic rings. The van der Waals surface area contributed by atoms with Crippen LogP contribution in [0.5, 0.6) is 0 Å². The molecule has 0 aromatic heterocycles. The Hall–Kier alpha value is -1.46. The van der Waals surface area contributed by atoms with Crippen LogP contribution in [0, 0.1) is 11.7 Å². The number of hydrogen-bond donors (Lipinski definition) is 3. The van der Waals surface area contributed by atoms with E-state index in [1.807, 2.05) is 0 Å². The molecule has 1 heterocycles. The Labute approximate surface area is 209 Å². The summed E-state index contributed by atoms with van der Waals surface area (Å²) in [4.78, 5) is 18.9. The highest BCUT2D eigenvalue weighted by Crippen LogP contribution is 2.19. The van der Waals surface area contributed by atoms with E-state index in [1.54, 1.807) is 19.2 Å². The lowest BCUT2D eigenvalue weighted by Gasteiger charge is -2.39. The number of carbonyl (C=O) groups excluding carboxylic acids is 1. The van der Waals surface area contributed by atoms with E-state index < -0.39 is 0 Å². The molecule has 1 aromatic rings. The number of benzene rings is 1. The SMILES string of the molecule is CCC(CC)C(CNC(=NC)NCCNC(=O)Cc1cccc(F)c1)N1CCOCC1.I. The lowest BCUT2D eigenvalue weighted by molar-refractivity contribution is -0.120. The number of hydrogen-bond acceptors (Lipinski definition) is 4. The minimum atomic E-state index is -0.328. The molecule has 2 rings (SSSR count). The van der Waals surface area contributed by atoms with Gasteiger partial charge < -0.3 is 20.7 Å². The maximum Gasteiger partial charge on any atom is 0.224 e. The van der Waals surface area contributed by atoms with Crippen molar-refractivity contribution in [2.24, 2.45) is 10.9 Å². The highest BCUT2D eigenvalue weighted by atomic mass is 127. The molecule has 0 radical (unpaired) electrons. The largest absolute Gasteiger partial charge is 0.379 e. The van der Waals surface area contributed by atoms with Gasteiger partial charge in [0.05, 0.1) is 19.6 Å². The molecule has 0 saturated carbocycles. The molecule has 7 nitrogen and oxygen atoms in total. The Balaban J connectivity index is 0.00000512. The van der Waals surface area contributed by atoms with E-state index in [2.05, 4.69) is 39.7 Å². The summed E-state index contributed by atoms with van der Waals surface area (Å²) in [5, 5.41) is 9.56. The fourth-order valence-corrected chi connectivity index (χ4v) is 4.04. The van der Waals surface area contributed by atoms with Crippen molar-refractivity contribution >= 4 is 35.8 Å². The Morgan fingerprint density at radius 3 is 2.47 bits per heavy atom. The van der Waals surface area contributed by atoms with Gasteiger partial charge >= 0.3 is 0 Å². The van der Waals surface area contributed by atoms with Crippen LogP contribution in [0.15, 0.2) is 29.3 Å². The van der Waals surface area contributed by atoms with E-state index in [4.69, 9.17) is 4.74 Å². The average Bonchev–Trinajstić information content (AvgIpc) is 2.78. The van der Waals surface area contributed by atoms with E-state index in [9.17, 15) is 9.18 Å². The Morgan fingerprint density at radius 2 is 1.84 bits per heavy atom. The molecule has 1 unspecified atom stereocenters. The molecular weight excluding hydrogens is 524 g/mol. The summed E-state index contributed by atoms with van der Waals surface area (Å²) >= 11 is 0. The monoisotopic (exact) mass is 563 g/mol. The van der Waals surface area contributed by atoms with E-state index in [0.29, 0.717) is 30.6 Å². The normalized spacial score (nSPS) is 15.7. The quantitative estimate of drug-likeness (QED) is 0.167. The maximum absolute atomic E-state index is 13.2. The zero-order valence-corrected chi connectivity index (χ0v) is 21.9. The molecule has 3 N–H and O–H groups in total. The van der Waals surface area contributed by atoms with Crippen LogP contribution >= 0.6 is 24.0 Å². The number of rotatable bonds is 11. The van der Waals surface area contributed by atoms with Crippen molar-refractivity contribution in [3.05, 3.63) is 35.6 Å². The first-order chi connectivity index (χ1) is 15.1. The number of ether oxygens (including phenoxy) is 1. The number of nitrogens with zero attached hydrogens (tertiary/aromatic N) is 2. The van der Waals surface area contributed by atoms with Crippen LogP contribution in [0.3, 0.4) is 0 Å². The second-order valence-corrected chi connectivity index (χ2v) is 7.83. The van der Waals surface area contributed by atoms with Gasteiger partial charge in [0.1, 0.15) is 5.82 Å². The van der Waals surface area contributed by atoms with Gasteiger partial charge in [-0.25, -0.2) is 4.39 Å². The number of morpholine rings is 1. The zero-order chi connectivity index (χ0) is 22.5. The summed E-state index contributed by atoms with van der Waals surface area (Å²) in [7, 11) is 1.75. The first-order valence-corrected chi connectivity index (χ1v) is 11.3. The highest BCUT2D eigenvalue weighted by molar-refractivity contribution is 14.0. The fourth-order valence-electron chi connectivity index (χ4n) is 4.04. The van der Waals surface area contributed by atoms with Crippen molar-refractivity contribution in [1.29, 1.82) is 0 Å². The molecule has 1 saturated heterocycles. The summed E-state index contributed by atoms with van der Waals surface area (Å²) in [6.45, 7) is 9.85. The molecule has 1 aromatic carbocycles. The zero-order valence-electron chi connectivity index (χ0n) is 19.5. The van der Waals surface area contributed by atoms with E-state index in [0.717, 1.165) is 51.6 Å². The van der Waals surface area contributed by atoms with E-state index in [1.165, 1.54) is 12.1 Å². The fraction of sp³-hybridized carbons (Fsp3) is 0.652. The number of guanidine groups is 1. The molecule has 9 heteroatoms. The van der Waals surface area contributed by atoms with E-state index >= 15 is 0 Å². The van der Waals surface area contributed by atoms with Crippen LogP contribution in [0.1, 0.15) is 32.3 Å². The second-order valence-electron chi connectivity index (χ2n) is 7.83. The Kier molecular flexibility index (Phi) is 14.5. The molecular formula is C23H39FIN5O2. The Morgan fingerprint density at radius 1 is 1.16 bits per heavy atom. The van der Waals surface area contributed by atoms with Crippen molar-refractivity contribution in [2.45, 2.75) is 39.2 Å². The average molecular weight is 564 g/mol. The van der Waals surface area contributed by atoms with Gasteiger partial charge in [-0.05, 0) is 23.6 Å². The summed E-state index contributed by atoms with van der Waals surface area (Å²) in [5.74, 6) is 0.886. The van der Waals surface area contributed by atoms with Gasteiger partial charge in [0.2, 0.25) is 5.91 Å². The lowest BCUT2D eigenvalue weighted by atomic mass is 9.92. The summed E-state index contributed by atoms with van der Waals surface area (Å²) in [6.07, 6.45) is 2.45. The highest BCUT2D eigenvalue weighted by Gasteiger charge is 2.26. The smallest absolute Gasteiger partial charge is 0.224 e. The van der Waals surface area contributed by atoms with Crippen LogP contribution in [0.4, 0.5) is 4.39 Å². The number of amides is 1. The summed E-state index contributed by atoms with van der Waals surface area (Å²) in [6, 6.07) is 6.55. The molecule has 32 heavy (non-hydrogen) atoms. The van der Waals surface area contributed by atoms with Gasteiger partial charge in [-0.15, -0.1) is 24.0 Å². The standard InChI is InChI=1S/C23H38FN5O2.HI/c1-4-19(5-2)21(29-11-13-31-14-12-29)17-28-23(25-3)27-10-9-26-22(30)16-18-7-6-8-20(24)15-18;/h6-8,15,19,21H,4-5,9-14,16-17H2,1-3H3,(H,26,30)(H2,25,27,28);1H.